The fourth-order valence-corrected chi connectivity index (χ4v) is 8.74. The van der Waals surface area contributed by atoms with E-state index in [1.165, 1.54) is 55.2 Å². The van der Waals surface area contributed by atoms with Gasteiger partial charge in [0.1, 0.15) is 0 Å². The monoisotopic (exact) mass is 713 g/mol. The van der Waals surface area contributed by atoms with Gasteiger partial charge < -0.3 is 4.57 Å². The van der Waals surface area contributed by atoms with E-state index in [2.05, 4.69) is 205 Å². The number of hydrogen-bond acceptors (Lipinski definition) is 2. The Balaban J connectivity index is 1.18. The van der Waals surface area contributed by atoms with Crippen LogP contribution < -0.4 is 0 Å². The minimum absolute atomic E-state index is 0.0617. The van der Waals surface area contributed by atoms with Gasteiger partial charge in [0, 0.05) is 39.1 Å². The topological polar surface area (TPSA) is 30.7 Å². The van der Waals surface area contributed by atoms with Gasteiger partial charge in [-0.15, -0.1) is 0 Å². The van der Waals surface area contributed by atoms with Crippen LogP contribution in [0.4, 0.5) is 0 Å². The third-order valence-corrected chi connectivity index (χ3v) is 11.3. The summed E-state index contributed by atoms with van der Waals surface area (Å²) in [6, 6.07) is 74.0. The van der Waals surface area contributed by atoms with Crippen molar-refractivity contribution < 1.29 is 0 Å². The number of nitrogens with zero attached hydrogens (tertiary/aromatic N) is 3. The number of hydrogen-bond donors (Lipinski definition) is 0. The normalized spacial score (nSPS) is 12.2. The molecule has 1 aliphatic rings. The molecule has 0 atom stereocenters. The molecule has 8 aromatic carbocycles. The quantitative estimate of drug-likeness (QED) is 0.172. The van der Waals surface area contributed by atoms with Crippen LogP contribution in [-0.2, 0) is 0 Å². The summed E-state index contributed by atoms with van der Waals surface area (Å²) in [6.45, 7) is 0. The van der Waals surface area contributed by atoms with Crippen molar-refractivity contribution in [1.29, 1.82) is 0 Å². The van der Waals surface area contributed by atoms with Crippen LogP contribution in [0.25, 0.3) is 83.6 Å². The highest BCUT2D eigenvalue weighted by Crippen LogP contribution is 2.49. The van der Waals surface area contributed by atoms with Gasteiger partial charge in [-0.25, -0.2) is 9.97 Å². The van der Waals surface area contributed by atoms with Crippen molar-refractivity contribution in [2.24, 2.45) is 0 Å². The Morgan fingerprint density at radius 2 is 0.875 bits per heavy atom. The molecule has 262 valence electrons. The van der Waals surface area contributed by atoms with Gasteiger partial charge in [-0.1, -0.05) is 164 Å². The summed E-state index contributed by atoms with van der Waals surface area (Å²) in [5, 5.41) is 2.47. The van der Waals surface area contributed by atoms with Crippen LogP contribution in [-0.4, -0.2) is 14.5 Å². The zero-order valence-corrected chi connectivity index (χ0v) is 30.5. The van der Waals surface area contributed by atoms with Crippen LogP contribution in [0.1, 0.15) is 22.6 Å². The number of rotatable bonds is 6. The molecular formula is C53H35N3. The minimum atomic E-state index is 0.0617. The molecule has 2 aromatic heterocycles. The van der Waals surface area contributed by atoms with Gasteiger partial charge in [-0.05, 0) is 81.4 Å². The van der Waals surface area contributed by atoms with E-state index in [0.29, 0.717) is 5.82 Å². The molecule has 0 radical (unpaired) electrons. The summed E-state index contributed by atoms with van der Waals surface area (Å²) in [5.41, 5.74) is 17.1. The second-order valence-electron chi connectivity index (χ2n) is 14.6. The Hall–Kier alpha value is -7.36. The van der Waals surface area contributed by atoms with E-state index in [9.17, 15) is 0 Å². The molecule has 10 aromatic rings. The van der Waals surface area contributed by atoms with E-state index in [4.69, 9.17) is 9.97 Å². The van der Waals surface area contributed by atoms with Gasteiger partial charge in [0.05, 0.1) is 22.4 Å². The maximum atomic E-state index is 5.36. The third kappa shape index (κ3) is 5.36. The molecule has 3 heteroatoms. The lowest BCUT2D eigenvalue weighted by atomic mass is 9.87. The summed E-state index contributed by atoms with van der Waals surface area (Å²) in [7, 11) is 0. The molecule has 0 bridgehead atoms. The second kappa shape index (κ2) is 13.2. The summed E-state index contributed by atoms with van der Waals surface area (Å²) in [4.78, 5) is 10.6. The van der Waals surface area contributed by atoms with Gasteiger partial charge in [0.2, 0.25) is 0 Å². The van der Waals surface area contributed by atoms with E-state index in [0.717, 1.165) is 39.3 Å². The molecule has 0 unspecified atom stereocenters. The Labute approximate surface area is 325 Å². The van der Waals surface area contributed by atoms with Crippen molar-refractivity contribution in [1.82, 2.24) is 14.5 Å². The van der Waals surface area contributed by atoms with Crippen LogP contribution in [0.5, 0.6) is 0 Å². The fraction of sp³-hybridized carbons (Fsp3) is 0.0189. The van der Waals surface area contributed by atoms with E-state index in [-0.39, 0.29) is 5.92 Å². The maximum absolute atomic E-state index is 5.36. The Morgan fingerprint density at radius 1 is 0.357 bits per heavy atom. The smallest absolute Gasteiger partial charge is 0.160 e. The van der Waals surface area contributed by atoms with Gasteiger partial charge in [-0.2, -0.15) is 0 Å². The molecule has 0 saturated carbocycles. The first-order valence-corrected chi connectivity index (χ1v) is 19.2. The summed E-state index contributed by atoms with van der Waals surface area (Å²) in [6.07, 6.45) is 0. The number of fused-ring (bicyclic) bond motifs is 6. The molecule has 1 aliphatic carbocycles. The van der Waals surface area contributed by atoms with Gasteiger partial charge >= 0.3 is 0 Å². The lowest BCUT2D eigenvalue weighted by molar-refractivity contribution is 1.01. The largest absolute Gasteiger partial charge is 0.309 e. The van der Waals surface area contributed by atoms with Crippen molar-refractivity contribution in [3.8, 4) is 61.8 Å². The van der Waals surface area contributed by atoms with Crippen LogP contribution in [0.2, 0.25) is 0 Å². The number of benzene rings is 8. The van der Waals surface area contributed by atoms with E-state index >= 15 is 0 Å². The molecule has 0 N–H and O–H groups in total. The zero-order valence-electron chi connectivity index (χ0n) is 30.5. The number of para-hydroxylation sites is 2. The fourth-order valence-electron chi connectivity index (χ4n) is 8.74. The lowest BCUT2D eigenvalue weighted by Gasteiger charge is -2.19. The average Bonchev–Trinajstić information content (AvgIpc) is 3.80. The predicted octanol–water partition coefficient (Wildman–Crippen LogP) is 13.4. The summed E-state index contributed by atoms with van der Waals surface area (Å²) < 4.78 is 2.42. The molecule has 0 aliphatic heterocycles. The number of aromatic nitrogens is 3. The maximum Gasteiger partial charge on any atom is 0.160 e. The first kappa shape index (κ1) is 32.1. The predicted molar refractivity (Wildman–Crippen MR) is 231 cm³/mol. The zero-order chi connectivity index (χ0) is 37.0. The molecule has 2 heterocycles. The van der Waals surface area contributed by atoms with Gasteiger partial charge in [-0.3, -0.25) is 0 Å². The van der Waals surface area contributed by atoms with Crippen LogP contribution in [0, 0.1) is 0 Å². The summed E-state index contributed by atoms with van der Waals surface area (Å²) in [5.74, 6) is 0.759. The molecular weight excluding hydrogens is 679 g/mol. The van der Waals surface area contributed by atoms with Crippen molar-refractivity contribution in [2.45, 2.75) is 5.92 Å². The molecule has 0 amide bonds. The van der Waals surface area contributed by atoms with Crippen molar-refractivity contribution in [3.63, 3.8) is 0 Å². The minimum Gasteiger partial charge on any atom is -0.309 e. The standard InChI is InChI=1S/C53H35N3/c1-3-16-35(17-4-1)37-20-15-21-38(30-37)48-34-49(55-53(54-48)36-18-5-2-6-19-36)39-31-40(52-46-26-9-7-22-42(46)43-23-8-10-27-47(43)52)33-41(32-39)56-50-28-13-11-24-44(50)45-25-12-14-29-51(45)56/h1-34,52H. The molecule has 56 heavy (non-hydrogen) atoms. The van der Waals surface area contributed by atoms with Crippen LogP contribution in [0.15, 0.2) is 206 Å². The van der Waals surface area contributed by atoms with Crippen LogP contribution >= 0.6 is 0 Å². The van der Waals surface area contributed by atoms with E-state index in [1.807, 2.05) is 6.07 Å². The first-order chi connectivity index (χ1) is 27.8. The van der Waals surface area contributed by atoms with Crippen LogP contribution in [0.3, 0.4) is 0 Å². The molecule has 0 spiro atoms. The lowest BCUT2D eigenvalue weighted by Crippen LogP contribution is -2.04. The Morgan fingerprint density at radius 3 is 1.54 bits per heavy atom. The highest BCUT2D eigenvalue weighted by molar-refractivity contribution is 6.09. The molecule has 3 nitrogen and oxygen atoms in total. The highest BCUT2D eigenvalue weighted by Gasteiger charge is 2.30. The average molecular weight is 714 g/mol. The second-order valence-corrected chi connectivity index (χ2v) is 14.6. The van der Waals surface area contributed by atoms with Crippen molar-refractivity contribution in [2.75, 3.05) is 0 Å². The molecule has 11 rings (SSSR count). The third-order valence-electron chi connectivity index (χ3n) is 11.3. The van der Waals surface area contributed by atoms with Gasteiger partial charge in [0.25, 0.3) is 0 Å². The SMILES string of the molecule is c1ccc(-c2cccc(-c3cc(-c4cc(C5c6ccccc6-c6ccccc65)cc(-n5c6ccccc6c6ccccc65)c4)nc(-c4ccccc4)n3)c2)cc1. The van der Waals surface area contributed by atoms with E-state index in [1.54, 1.807) is 0 Å². The van der Waals surface area contributed by atoms with E-state index < -0.39 is 0 Å². The van der Waals surface area contributed by atoms with Gasteiger partial charge in [0.15, 0.2) is 5.82 Å². The van der Waals surface area contributed by atoms with Crippen molar-refractivity contribution in [3.05, 3.63) is 223 Å². The summed E-state index contributed by atoms with van der Waals surface area (Å²) >= 11 is 0. The Bertz CT molecular complexity index is 2990. The molecule has 0 saturated heterocycles. The molecule has 0 fully saturated rings. The Kier molecular flexibility index (Phi) is 7.56. The first-order valence-electron chi connectivity index (χ1n) is 19.2. The highest BCUT2D eigenvalue weighted by atomic mass is 15.0. The van der Waals surface area contributed by atoms with Crippen molar-refractivity contribution >= 4 is 21.8 Å².